The number of aryl methyl sites for hydroxylation is 1. The highest BCUT2D eigenvalue weighted by atomic mass is 28.4. The van der Waals surface area contributed by atoms with E-state index in [-0.39, 0.29) is 17.2 Å². The Morgan fingerprint density at radius 3 is 2.62 bits per heavy atom. The second-order valence-corrected chi connectivity index (χ2v) is 15.4. The Morgan fingerprint density at radius 2 is 1.94 bits per heavy atom. The van der Waals surface area contributed by atoms with Gasteiger partial charge in [0.25, 0.3) is 5.56 Å². The third-order valence-electron chi connectivity index (χ3n) is 7.58. The molecule has 0 unspecified atom stereocenters. The number of aromatic nitrogens is 2. The fraction of sp³-hybridized carbons (Fsp3) is 0.423. The van der Waals surface area contributed by atoms with E-state index >= 15 is 0 Å². The standard InChI is InChI=1S/C26H30N2O5Si/c1-7-15-16-10-14(33-34(5,6)26(2,3)4)8-9-20(16)27-22-18(15)12-28-21(22)11-17-19(24(28)30)13-32-25(31)23(17)29/h8-11,23,29H,7,12-13H2,1-6H3/t23-/m0/s1. The summed E-state index contributed by atoms with van der Waals surface area (Å²) in [5, 5.41) is 11.4. The molecule has 0 aliphatic carbocycles. The highest BCUT2D eigenvalue weighted by Gasteiger charge is 2.39. The van der Waals surface area contributed by atoms with Crippen LogP contribution in [0, 0.1) is 0 Å². The first-order chi connectivity index (χ1) is 15.9. The second kappa shape index (κ2) is 7.51. The monoisotopic (exact) mass is 478 g/mol. The average molecular weight is 479 g/mol. The van der Waals surface area contributed by atoms with Crippen LogP contribution in [-0.2, 0) is 29.1 Å². The summed E-state index contributed by atoms with van der Waals surface area (Å²) in [6.07, 6.45) is -0.676. The van der Waals surface area contributed by atoms with E-state index < -0.39 is 20.4 Å². The molecule has 0 spiro atoms. The number of ether oxygens (including phenoxy) is 1. The Bertz CT molecular complexity index is 1420. The number of fused-ring (bicyclic) bond motifs is 5. The van der Waals surface area contributed by atoms with E-state index in [1.54, 1.807) is 10.6 Å². The minimum atomic E-state index is -2.00. The van der Waals surface area contributed by atoms with Gasteiger partial charge >= 0.3 is 5.97 Å². The van der Waals surface area contributed by atoms with E-state index in [4.69, 9.17) is 14.1 Å². The molecule has 0 amide bonds. The van der Waals surface area contributed by atoms with Crippen LogP contribution in [0.1, 0.15) is 56.1 Å². The molecule has 0 bridgehead atoms. The lowest BCUT2D eigenvalue weighted by Gasteiger charge is -2.36. The molecule has 1 N–H and O–H groups in total. The van der Waals surface area contributed by atoms with E-state index in [1.807, 2.05) is 12.1 Å². The minimum Gasteiger partial charge on any atom is -0.543 e. The first-order valence-electron chi connectivity index (χ1n) is 11.7. The topological polar surface area (TPSA) is 90.6 Å². The van der Waals surface area contributed by atoms with Gasteiger partial charge in [-0.3, -0.25) is 4.79 Å². The predicted octanol–water partition coefficient (Wildman–Crippen LogP) is 4.46. The molecule has 1 aromatic carbocycles. The van der Waals surface area contributed by atoms with Crippen molar-refractivity contribution in [1.29, 1.82) is 0 Å². The molecule has 2 aliphatic heterocycles. The van der Waals surface area contributed by atoms with Crippen molar-refractivity contribution >= 4 is 25.2 Å². The van der Waals surface area contributed by atoms with Gasteiger partial charge in [-0.05, 0) is 54.4 Å². The van der Waals surface area contributed by atoms with Gasteiger partial charge in [0.2, 0.25) is 8.32 Å². The van der Waals surface area contributed by atoms with E-state index in [9.17, 15) is 14.7 Å². The van der Waals surface area contributed by atoms with Crippen molar-refractivity contribution in [1.82, 2.24) is 9.55 Å². The van der Waals surface area contributed by atoms with Crippen LogP contribution in [0.5, 0.6) is 5.75 Å². The van der Waals surface area contributed by atoms with Crippen LogP contribution < -0.4 is 9.99 Å². The van der Waals surface area contributed by atoms with Crippen molar-refractivity contribution < 1.29 is 19.1 Å². The SMILES string of the molecule is CCc1c2c(nc3ccc(O[Si](C)(C)C(C)(C)C)cc13)-c1cc3c(c(=O)n1C2)COC(=O)[C@H]3O. The van der Waals surface area contributed by atoms with Crippen molar-refractivity contribution in [2.24, 2.45) is 0 Å². The van der Waals surface area contributed by atoms with Gasteiger partial charge in [0.1, 0.15) is 12.4 Å². The summed E-state index contributed by atoms with van der Waals surface area (Å²) >= 11 is 0. The zero-order valence-corrected chi connectivity index (χ0v) is 21.5. The average Bonchev–Trinajstić information content (AvgIpc) is 3.12. The van der Waals surface area contributed by atoms with Crippen LogP contribution in [0.2, 0.25) is 18.1 Å². The third-order valence-corrected chi connectivity index (χ3v) is 11.9. The Morgan fingerprint density at radius 1 is 1.21 bits per heavy atom. The van der Waals surface area contributed by atoms with Gasteiger partial charge in [-0.25, -0.2) is 9.78 Å². The molecule has 0 saturated carbocycles. The first kappa shape index (κ1) is 22.8. The van der Waals surface area contributed by atoms with E-state index in [0.717, 1.165) is 39.9 Å². The zero-order valence-electron chi connectivity index (χ0n) is 20.5. The predicted molar refractivity (Wildman–Crippen MR) is 132 cm³/mol. The van der Waals surface area contributed by atoms with Gasteiger partial charge in [0, 0.05) is 16.5 Å². The maximum Gasteiger partial charge on any atom is 0.340 e. The van der Waals surface area contributed by atoms with E-state index in [0.29, 0.717) is 23.4 Å². The van der Waals surface area contributed by atoms with Crippen molar-refractivity contribution in [3.8, 4) is 17.1 Å². The van der Waals surface area contributed by atoms with Crippen molar-refractivity contribution in [3.63, 3.8) is 0 Å². The lowest BCUT2D eigenvalue weighted by molar-refractivity contribution is -0.157. The second-order valence-electron chi connectivity index (χ2n) is 10.7. The van der Waals surface area contributed by atoms with E-state index in [1.165, 1.54) is 0 Å². The van der Waals surface area contributed by atoms with Crippen molar-refractivity contribution in [3.05, 3.63) is 56.9 Å². The quantitative estimate of drug-likeness (QED) is 0.345. The van der Waals surface area contributed by atoms with Gasteiger partial charge in [0.15, 0.2) is 6.10 Å². The number of hydrogen-bond acceptors (Lipinski definition) is 6. The zero-order chi connectivity index (χ0) is 24.6. The number of pyridine rings is 2. The minimum absolute atomic E-state index is 0.0866. The summed E-state index contributed by atoms with van der Waals surface area (Å²) < 4.78 is 13.2. The summed E-state index contributed by atoms with van der Waals surface area (Å²) in [4.78, 5) is 30.0. The van der Waals surface area contributed by atoms with Crippen LogP contribution in [0.3, 0.4) is 0 Å². The number of nitrogens with zero attached hydrogens (tertiary/aromatic N) is 2. The molecule has 1 atom stereocenters. The summed E-state index contributed by atoms with van der Waals surface area (Å²) in [5.74, 6) is 0.113. The van der Waals surface area contributed by atoms with Crippen LogP contribution in [0.15, 0.2) is 29.1 Å². The summed E-state index contributed by atoms with van der Waals surface area (Å²) in [6.45, 7) is 13.5. The lowest BCUT2D eigenvalue weighted by atomic mass is 9.97. The first-order valence-corrected chi connectivity index (χ1v) is 14.6. The van der Waals surface area contributed by atoms with Crippen molar-refractivity contribution in [2.45, 2.75) is 71.5 Å². The highest BCUT2D eigenvalue weighted by Crippen LogP contribution is 2.41. The summed E-state index contributed by atoms with van der Waals surface area (Å²) in [6, 6.07) is 7.74. The summed E-state index contributed by atoms with van der Waals surface area (Å²) in [7, 11) is -2.00. The molecule has 5 rings (SSSR count). The molecule has 3 aromatic rings. The normalized spacial score (nSPS) is 17.3. The molecular weight excluding hydrogens is 448 g/mol. The summed E-state index contributed by atoms with van der Waals surface area (Å²) in [5.41, 5.74) is 4.73. The molecular formula is C26H30N2O5Si. The highest BCUT2D eigenvalue weighted by molar-refractivity contribution is 6.74. The Kier molecular flexibility index (Phi) is 5.04. The largest absolute Gasteiger partial charge is 0.543 e. The number of esters is 1. The molecule has 0 radical (unpaired) electrons. The maximum absolute atomic E-state index is 13.2. The lowest BCUT2D eigenvalue weighted by Crippen LogP contribution is -2.43. The van der Waals surface area contributed by atoms with Crippen molar-refractivity contribution in [2.75, 3.05) is 0 Å². The molecule has 34 heavy (non-hydrogen) atoms. The number of hydrogen-bond donors (Lipinski definition) is 1. The number of cyclic esters (lactones) is 1. The Hall–Kier alpha value is -2.97. The number of benzene rings is 1. The smallest absolute Gasteiger partial charge is 0.340 e. The third kappa shape index (κ3) is 3.31. The van der Waals surface area contributed by atoms with Crippen LogP contribution >= 0.6 is 0 Å². The molecule has 178 valence electrons. The number of aliphatic hydroxyl groups excluding tert-OH is 1. The number of carbonyl (C=O) groups is 1. The van der Waals surface area contributed by atoms with Gasteiger partial charge in [-0.1, -0.05) is 27.7 Å². The molecule has 0 saturated heterocycles. The fourth-order valence-electron chi connectivity index (χ4n) is 4.60. The molecule has 8 heteroatoms. The van der Waals surface area contributed by atoms with E-state index in [2.05, 4.69) is 46.9 Å². The van der Waals surface area contributed by atoms with Gasteiger partial charge in [0.05, 0.1) is 29.0 Å². The molecule has 2 aliphatic rings. The number of rotatable bonds is 3. The van der Waals surface area contributed by atoms with Gasteiger partial charge in [-0.2, -0.15) is 0 Å². The fourth-order valence-corrected chi connectivity index (χ4v) is 5.63. The Balaban J connectivity index is 1.66. The molecule has 7 nitrogen and oxygen atoms in total. The number of aliphatic hydroxyl groups is 1. The molecule has 4 heterocycles. The van der Waals surface area contributed by atoms with Gasteiger partial charge < -0.3 is 18.8 Å². The Labute approximate surface area is 199 Å². The maximum atomic E-state index is 13.2. The molecule has 2 aromatic heterocycles. The van der Waals surface area contributed by atoms with Crippen LogP contribution in [0.4, 0.5) is 0 Å². The van der Waals surface area contributed by atoms with Gasteiger partial charge in [-0.15, -0.1) is 0 Å². The van der Waals surface area contributed by atoms with Crippen LogP contribution in [0.25, 0.3) is 22.3 Å². The number of carbonyl (C=O) groups excluding carboxylic acids is 1. The van der Waals surface area contributed by atoms with Crippen LogP contribution in [-0.4, -0.2) is 28.9 Å². The molecule has 0 fully saturated rings.